The molecule has 0 aliphatic rings. The van der Waals surface area contributed by atoms with E-state index in [1.807, 2.05) is 0 Å². The van der Waals surface area contributed by atoms with Crippen molar-refractivity contribution in [3.63, 3.8) is 0 Å². The summed E-state index contributed by atoms with van der Waals surface area (Å²) in [7, 11) is -4.11. The number of nitro benzene ring substituents is 1. The van der Waals surface area contributed by atoms with E-state index in [4.69, 9.17) is 4.42 Å². The lowest BCUT2D eigenvalue weighted by molar-refractivity contribution is -0.385. The van der Waals surface area contributed by atoms with Gasteiger partial charge < -0.3 is 9.73 Å². The Morgan fingerprint density at radius 2 is 1.87 bits per heavy atom. The maximum Gasteiger partial charge on any atom is 0.272 e. The van der Waals surface area contributed by atoms with Crippen LogP contribution in [-0.2, 0) is 10.0 Å². The van der Waals surface area contributed by atoms with Gasteiger partial charge in [0.15, 0.2) is 0 Å². The normalized spacial score (nSPS) is 11.2. The highest BCUT2D eigenvalue weighted by Gasteiger charge is 2.20. The number of nitrogens with one attached hydrogen (secondary N) is 2. The van der Waals surface area contributed by atoms with Crippen molar-refractivity contribution in [3.05, 3.63) is 81.5 Å². The minimum absolute atomic E-state index is 0.00776. The van der Waals surface area contributed by atoms with Gasteiger partial charge in [-0.25, -0.2) is 12.8 Å². The lowest BCUT2D eigenvalue weighted by Crippen LogP contribution is -2.15. The summed E-state index contributed by atoms with van der Waals surface area (Å²) in [4.78, 5) is 22.3. The maximum atomic E-state index is 14.1. The number of carbonyl (C=O) groups is 1. The van der Waals surface area contributed by atoms with Gasteiger partial charge in [-0.3, -0.25) is 19.6 Å². The van der Waals surface area contributed by atoms with Crippen molar-refractivity contribution >= 4 is 33.0 Å². The van der Waals surface area contributed by atoms with Crippen molar-refractivity contribution in [3.8, 4) is 0 Å². The van der Waals surface area contributed by atoms with E-state index in [1.165, 1.54) is 25.3 Å². The van der Waals surface area contributed by atoms with Crippen LogP contribution in [0.1, 0.15) is 21.7 Å². The van der Waals surface area contributed by atoms with Crippen molar-refractivity contribution in [1.29, 1.82) is 0 Å². The Labute approximate surface area is 170 Å². The summed E-state index contributed by atoms with van der Waals surface area (Å²) in [5, 5.41) is 13.3. The zero-order valence-electron chi connectivity index (χ0n) is 15.8. The molecule has 0 spiro atoms. The van der Waals surface area contributed by atoms with Crippen molar-refractivity contribution in [2.45, 2.75) is 18.7 Å². The summed E-state index contributed by atoms with van der Waals surface area (Å²) in [6, 6.07) is 8.08. The Morgan fingerprint density at radius 1 is 1.13 bits per heavy atom. The predicted molar refractivity (Wildman–Crippen MR) is 106 cm³/mol. The number of aryl methyl sites for hydroxylation is 2. The summed E-state index contributed by atoms with van der Waals surface area (Å²) >= 11 is 0. The highest BCUT2D eigenvalue weighted by atomic mass is 32.2. The van der Waals surface area contributed by atoms with Crippen LogP contribution in [0.5, 0.6) is 0 Å². The Balaban J connectivity index is 1.85. The second kappa shape index (κ2) is 7.95. The fraction of sp³-hybridized carbons (Fsp3) is 0.105. The summed E-state index contributed by atoms with van der Waals surface area (Å²) in [5.41, 5.74) is -0.0743. The predicted octanol–water partition coefficient (Wildman–Crippen LogP) is 4.00. The number of benzene rings is 2. The minimum Gasteiger partial charge on any atom is -0.469 e. The molecular formula is C19H16FN3O6S. The van der Waals surface area contributed by atoms with E-state index in [1.54, 1.807) is 6.92 Å². The van der Waals surface area contributed by atoms with Crippen LogP contribution in [0.15, 0.2) is 58.0 Å². The second-order valence-electron chi connectivity index (χ2n) is 6.35. The van der Waals surface area contributed by atoms with Crippen LogP contribution >= 0.6 is 0 Å². The molecule has 0 saturated heterocycles. The van der Waals surface area contributed by atoms with Crippen molar-refractivity contribution in [2.75, 3.05) is 10.0 Å². The van der Waals surface area contributed by atoms with E-state index in [9.17, 15) is 27.7 Å². The van der Waals surface area contributed by atoms with Crippen LogP contribution < -0.4 is 10.0 Å². The fourth-order valence-corrected chi connectivity index (χ4v) is 3.84. The number of anilines is 2. The quantitative estimate of drug-likeness (QED) is 0.446. The van der Waals surface area contributed by atoms with Crippen LogP contribution in [-0.4, -0.2) is 19.2 Å². The standard InChI is InChI=1S/C19H16FN3O6S/c1-11-9-14(4-6-18(11)23(25)26)30(27,28)22-13-3-5-16(20)17(10-13)21-19(24)15-7-8-29-12(15)2/h3-10,22H,1-2H3,(H,21,24). The average Bonchev–Trinajstić information content (AvgIpc) is 3.10. The molecule has 0 atom stereocenters. The number of nitrogens with zero attached hydrogens (tertiary/aromatic N) is 1. The van der Waals surface area contributed by atoms with E-state index in [0.717, 1.165) is 30.3 Å². The number of furan rings is 1. The third-order valence-corrected chi connectivity index (χ3v) is 5.62. The SMILES string of the molecule is Cc1cc(S(=O)(=O)Nc2ccc(F)c(NC(=O)c3ccoc3C)c2)ccc1[N+](=O)[O-]. The molecule has 9 nitrogen and oxygen atoms in total. The average molecular weight is 433 g/mol. The smallest absolute Gasteiger partial charge is 0.272 e. The lowest BCUT2D eigenvalue weighted by Gasteiger charge is -2.11. The number of nitro groups is 1. The first-order chi connectivity index (χ1) is 14.1. The molecule has 1 amide bonds. The molecule has 3 aromatic rings. The fourth-order valence-electron chi connectivity index (χ4n) is 2.71. The summed E-state index contributed by atoms with van der Waals surface area (Å²) in [6.07, 6.45) is 1.32. The Morgan fingerprint density at radius 3 is 2.47 bits per heavy atom. The minimum atomic E-state index is -4.11. The molecule has 2 aromatic carbocycles. The van der Waals surface area contributed by atoms with E-state index in [-0.39, 0.29) is 33.1 Å². The third kappa shape index (κ3) is 4.30. The Hall–Kier alpha value is -3.73. The highest BCUT2D eigenvalue weighted by molar-refractivity contribution is 7.92. The van der Waals surface area contributed by atoms with Crippen LogP contribution in [0.4, 0.5) is 21.5 Å². The number of hydrogen-bond acceptors (Lipinski definition) is 6. The summed E-state index contributed by atoms with van der Waals surface area (Å²) in [6.45, 7) is 2.99. The molecule has 2 N–H and O–H groups in total. The zero-order valence-corrected chi connectivity index (χ0v) is 16.6. The van der Waals surface area contributed by atoms with Crippen LogP contribution in [0.25, 0.3) is 0 Å². The Bertz CT molecular complexity index is 1250. The summed E-state index contributed by atoms with van der Waals surface area (Å²) in [5.74, 6) is -1.04. The van der Waals surface area contributed by atoms with Gasteiger partial charge >= 0.3 is 0 Å². The van der Waals surface area contributed by atoms with Crippen LogP contribution in [0.2, 0.25) is 0 Å². The molecule has 0 radical (unpaired) electrons. The van der Waals surface area contributed by atoms with Gasteiger partial charge in [0.1, 0.15) is 11.6 Å². The van der Waals surface area contributed by atoms with Crippen molar-refractivity contribution in [2.24, 2.45) is 0 Å². The van der Waals surface area contributed by atoms with Crippen molar-refractivity contribution < 1.29 is 26.9 Å². The molecule has 0 aliphatic heterocycles. The molecule has 0 saturated carbocycles. The molecule has 156 valence electrons. The number of rotatable bonds is 6. The number of hydrogen-bond donors (Lipinski definition) is 2. The van der Waals surface area contributed by atoms with Gasteiger partial charge in [-0.2, -0.15) is 0 Å². The van der Waals surface area contributed by atoms with E-state index >= 15 is 0 Å². The number of carbonyl (C=O) groups excluding carboxylic acids is 1. The number of halogens is 1. The molecule has 30 heavy (non-hydrogen) atoms. The molecule has 3 rings (SSSR count). The Kier molecular flexibility index (Phi) is 5.56. The molecule has 0 unspecified atom stereocenters. The molecule has 1 aromatic heterocycles. The summed E-state index contributed by atoms with van der Waals surface area (Å²) < 4.78 is 46.6. The van der Waals surface area contributed by atoms with Gasteiger partial charge in [0.05, 0.1) is 33.0 Å². The third-order valence-electron chi connectivity index (χ3n) is 4.25. The van der Waals surface area contributed by atoms with Gasteiger partial charge in [0, 0.05) is 11.6 Å². The van der Waals surface area contributed by atoms with Gasteiger partial charge in [-0.1, -0.05) is 0 Å². The monoisotopic (exact) mass is 433 g/mol. The molecular weight excluding hydrogens is 417 g/mol. The molecule has 0 bridgehead atoms. The molecule has 0 fully saturated rings. The van der Waals surface area contributed by atoms with E-state index < -0.39 is 26.7 Å². The first kappa shape index (κ1) is 21.0. The number of sulfonamides is 1. The number of amides is 1. The maximum absolute atomic E-state index is 14.1. The van der Waals surface area contributed by atoms with Gasteiger partial charge in [0.25, 0.3) is 21.6 Å². The van der Waals surface area contributed by atoms with Gasteiger partial charge in [-0.15, -0.1) is 0 Å². The zero-order chi connectivity index (χ0) is 22.1. The second-order valence-corrected chi connectivity index (χ2v) is 8.03. The topological polar surface area (TPSA) is 132 Å². The van der Waals surface area contributed by atoms with Crippen LogP contribution in [0.3, 0.4) is 0 Å². The van der Waals surface area contributed by atoms with E-state index in [0.29, 0.717) is 5.76 Å². The van der Waals surface area contributed by atoms with Gasteiger partial charge in [-0.05, 0) is 50.2 Å². The molecule has 0 aliphatic carbocycles. The molecule has 11 heteroatoms. The largest absolute Gasteiger partial charge is 0.469 e. The highest BCUT2D eigenvalue weighted by Crippen LogP contribution is 2.26. The van der Waals surface area contributed by atoms with Crippen LogP contribution in [0, 0.1) is 29.8 Å². The van der Waals surface area contributed by atoms with Crippen molar-refractivity contribution in [1.82, 2.24) is 0 Å². The molecule has 1 heterocycles. The first-order valence-corrected chi connectivity index (χ1v) is 9.99. The first-order valence-electron chi connectivity index (χ1n) is 8.51. The van der Waals surface area contributed by atoms with E-state index in [2.05, 4.69) is 10.0 Å². The lowest BCUT2D eigenvalue weighted by atomic mass is 10.2. The van der Waals surface area contributed by atoms with Gasteiger partial charge in [0.2, 0.25) is 0 Å².